The topological polar surface area (TPSA) is 38.3 Å². The van der Waals surface area contributed by atoms with Gasteiger partial charge in [-0.3, -0.25) is 5.32 Å². The van der Waals surface area contributed by atoms with Crippen LogP contribution in [0.5, 0.6) is 0 Å². The average molecular weight is 311 g/mol. The molecule has 1 N–H and O–H groups in total. The Morgan fingerprint density at radius 3 is 2.36 bits per heavy atom. The SMILES string of the molecule is CC(C)(C)OC(=O)Nc1cccc2ccc(C(F)(F)F)cc12. The predicted molar refractivity (Wildman–Crippen MR) is 78.8 cm³/mol. The van der Waals surface area contributed by atoms with Crippen molar-refractivity contribution >= 4 is 22.6 Å². The number of alkyl halides is 3. The number of amides is 1. The van der Waals surface area contributed by atoms with Crippen molar-refractivity contribution in [3.8, 4) is 0 Å². The van der Waals surface area contributed by atoms with Crippen LogP contribution in [0.25, 0.3) is 10.8 Å². The Balaban J connectivity index is 2.39. The molecule has 1 amide bonds. The summed E-state index contributed by atoms with van der Waals surface area (Å²) in [6, 6.07) is 8.27. The van der Waals surface area contributed by atoms with E-state index in [4.69, 9.17) is 4.74 Å². The summed E-state index contributed by atoms with van der Waals surface area (Å²) < 4.78 is 43.6. The highest BCUT2D eigenvalue weighted by Gasteiger charge is 2.30. The molecule has 22 heavy (non-hydrogen) atoms. The van der Waals surface area contributed by atoms with Gasteiger partial charge in [0.25, 0.3) is 0 Å². The lowest BCUT2D eigenvalue weighted by Crippen LogP contribution is -2.27. The smallest absolute Gasteiger partial charge is 0.416 e. The zero-order valence-electron chi connectivity index (χ0n) is 12.4. The lowest BCUT2D eigenvalue weighted by atomic mass is 10.1. The molecule has 0 fully saturated rings. The summed E-state index contributed by atoms with van der Waals surface area (Å²) >= 11 is 0. The maximum Gasteiger partial charge on any atom is 0.416 e. The molecule has 2 rings (SSSR count). The van der Waals surface area contributed by atoms with Crippen LogP contribution in [0.2, 0.25) is 0 Å². The van der Waals surface area contributed by atoms with Crippen LogP contribution in [0, 0.1) is 0 Å². The van der Waals surface area contributed by atoms with E-state index in [9.17, 15) is 18.0 Å². The summed E-state index contributed by atoms with van der Waals surface area (Å²) in [7, 11) is 0. The number of halogens is 3. The Labute approximate surface area is 126 Å². The van der Waals surface area contributed by atoms with Crippen LogP contribution in [-0.2, 0) is 10.9 Å². The zero-order chi connectivity index (χ0) is 16.5. The second-order valence-corrected chi connectivity index (χ2v) is 5.87. The Morgan fingerprint density at radius 2 is 1.77 bits per heavy atom. The fourth-order valence-electron chi connectivity index (χ4n) is 1.97. The number of rotatable bonds is 1. The number of nitrogens with one attached hydrogen (secondary N) is 1. The number of ether oxygens (including phenoxy) is 1. The fraction of sp³-hybridized carbons (Fsp3) is 0.312. The predicted octanol–water partition coefficient (Wildman–Crippen LogP) is 5.21. The third-order valence-electron chi connectivity index (χ3n) is 2.85. The van der Waals surface area contributed by atoms with Crippen molar-refractivity contribution in [3.63, 3.8) is 0 Å². The minimum atomic E-state index is -4.44. The normalized spacial score (nSPS) is 12.3. The third-order valence-corrected chi connectivity index (χ3v) is 2.85. The second kappa shape index (κ2) is 5.51. The van der Waals surface area contributed by atoms with Crippen LogP contribution >= 0.6 is 0 Å². The fourth-order valence-corrected chi connectivity index (χ4v) is 1.97. The summed E-state index contributed by atoms with van der Waals surface area (Å²) in [5, 5.41) is 3.40. The summed E-state index contributed by atoms with van der Waals surface area (Å²) in [6.07, 6.45) is -5.15. The van der Waals surface area contributed by atoms with Crippen molar-refractivity contribution in [2.24, 2.45) is 0 Å². The van der Waals surface area contributed by atoms with Gasteiger partial charge >= 0.3 is 12.3 Å². The van der Waals surface area contributed by atoms with Crippen LogP contribution in [0.1, 0.15) is 26.3 Å². The number of fused-ring (bicyclic) bond motifs is 1. The van der Waals surface area contributed by atoms with E-state index < -0.39 is 23.4 Å². The standard InChI is InChI=1S/C16H16F3NO2/c1-15(2,3)22-14(21)20-13-6-4-5-10-7-8-11(9-12(10)13)16(17,18)19/h4-9H,1-3H3,(H,20,21). The monoisotopic (exact) mass is 311 g/mol. The highest BCUT2D eigenvalue weighted by Crippen LogP contribution is 2.33. The quantitative estimate of drug-likeness (QED) is 0.785. The first-order valence-electron chi connectivity index (χ1n) is 6.66. The first kappa shape index (κ1) is 16.1. The number of benzene rings is 2. The lowest BCUT2D eigenvalue weighted by molar-refractivity contribution is -0.137. The summed E-state index contributed by atoms with van der Waals surface area (Å²) in [4.78, 5) is 11.8. The molecule has 0 saturated heterocycles. The van der Waals surface area contributed by atoms with Crippen molar-refractivity contribution in [2.75, 3.05) is 5.32 Å². The van der Waals surface area contributed by atoms with E-state index in [2.05, 4.69) is 5.32 Å². The van der Waals surface area contributed by atoms with Gasteiger partial charge in [0.15, 0.2) is 0 Å². The van der Waals surface area contributed by atoms with Gasteiger partial charge in [0, 0.05) is 5.39 Å². The first-order chi connectivity index (χ1) is 10.1. The summed E-state index contributed by atoms with van der Waals surface area (Å²) in [5.74, 6) is 0. The van der Waals surface area contributed by atoms with Crippen molar-refractivity contribution < 1.29 is 22.7 Å². The molecule has 0 spiro atoms. The third kappa shape index (κ3) is 3.90. The van der Waals surface area contributed by atoms with Gasteiger partial charge in [-0.25, -0.2) is 4.79 Å². The number of anilines is 1. The van der Waals surface area contributed by atoms with Gasteiger partial charge < -0.3 is 4.74 Å². The number of carbonyl (C=O) groups excluding carboxylic acids is 1. The van der Waals surface area contributed by atoms with E-state index in [1.165, 1.54) is 12.1 Å². The van der Waals surface area contributed by atoms with Gasteiger partial charge in [0.1, 0.15) is 5.60 Å². The average Bonchev–Trinajstić information content (AvgIpc) is 2.35. The van der Waals surface area contributed by atoms with E-state index >= 15 is 0 Å². The molecule has 6 heteroatoms. The molecule has 118 valence electrons. The molecule has 0 saturated carbocycles. The Bertz CT molecular complexity index is 703. The van der Waals surface area contributed by atoms with Crippen LogP contribution in [-0.4, -0.2) is 11.7 Å². The molecule has 3 nitrogen and oxygen atoms in total. The van der Waals surface area contributed by atoms with E-state index in [0.29, 0.717) is 10.8 Å². The molecule has 0 atom stereocenters. The first-order valence-corrected chi connectivity index (χ1v) is 6.66. The van der Waals surface area contributed by atoms with E-state index in [1.807, 2.05) is 0 Å². The summed E-state index contributed by atoms with van der Waals surface area (Å²) in [6.45, 7) is 5.12. The van der Waals surface area contributed by atoms with Crippen LogP contribution < -0.4 is 5.32 Å². The molecule has 0 aliphatic heterocycles. The highest BCUT2D eigenvalue weighted by molar-refractivity contribution is 6.00. The molecular weight excluding hydrogens is 295 g/mol. The molecule has 0 aliphatic rings. The molecule has 0 bridgehead atoms. The van der Waals surface area contributed by atoms with Crippen LogP contribution in [0.4, 0.5) is 23.7 Å². The molecule has 0 radical (unpaired) electrons. The molecule has 0 heterocycles. The maximum atomic E-state index is 12.8. The molecule has 0 aliphatic carbocycles. The largest absolute Gasteiger partial charge is 0.444 e. The Morgan fingerprint density at radius 1 is 1.09 bits per heavy atom. The minimum absolute atomic E-state index is 0.276. The van der Waals surface area contributed by atoms with Gasteiger partial charge in [0.2, 0.25) is 0 Å². The Kier molecular flexibility index (Phi) is 4.04. The summed E-state index contributed by atoms with van der Waals surface area (Å²) in [5.41, 5.74) is -1.18. The number of hydrogen-bond donors (Lipinski definition) is 1. The van der Waals surface area contributed by atoms with E-state index in [-0.39, 0.29) is 5.69 Å². The zero-order valence-corrected chi connectivity index (χ0v) is 12.4. The molecule has 2 aromatic rings. The van der Waals surface area contributed by atoms with Crippen LogP contribution in [0.3, 0.4) is 0 Å². The second-order valence-electron chi connectivity index (χ2n) is 5.87. The van der Waals surface area contributed by atoms with Crippen LogP contribution in [0.15, 0.2) is 36.4 Å². The number of carbonyl (C=O) groups is 1. The van der Waals surface area contributed by atoms with Gasteiger partial charge in [-0.2, -0.15) is 13.2 Å². The molecular formula is C16H16F3NO2. The molecule has 0 unspecified atom stereocenters. The van der Waals surface area contributed by atoms with Gasteiger partial charge in [0.05, 0.1) is 11.3 Å². The van der Waals surface area contributed by atoms with Crippen molar-refractivity contribution in [3.05, 3.63) is 42.0 Å². The Hall–Kier alpha value is -2.24. The minimum Gasteiger partial charge on any atom is -0.444 e. The van der Waals surface area contributed by atoms with E-state index in [1.54, 1.807) is 32.9 Å². The van der Waals surface area contributed by atoms with Crippen molar-refractivity contribution in [2.45, 2.75) is 32.5 Å². The number of hydrogen-bond acceptors (Lipinski definition) is 2. The van der Waals surface area contributed by atoms with E-state index in [0.717, 1.165) is 12.1 Å². The lowest BCUT2D eigenvalue weighted by Gasteiger charge is -2.20. The highest BCUT2D eigenvalue weighted by atomic mass is 19.4. The van der Waals surface area contributed by atoms with Crippen molar-refractivity contribution in [1.82, 2.24) is 0 Å². The van der Waals surface area contributed by atoms with Gasteiger partial charge in [-0.1, -0.05) is 18.2 Å². The van der Waals surface area contributed by atoms with Gasteiger partial charge in [-0.05, 0) is 44.4 Å². The molecule has 0 aromatic heterocycles. The van der Waals surface area contributed by atoms with Crippen molar-refractivity contribution in [1.29, 1.82) is 0 Å². The van der Waals surface area contributed by atoms with Gasteiger partial charge in [-0.15, -0.1) is 0 Å². The maximum absolute atomic E-state index is 12.8. The molecule has 2 aromatic carbocycles.